The van der Waals surface area contributed by atoms with Crippen LogP contribution in [0.4, 0.5) is 0 Å². The van der Waals surface area contributed by atoms with Gasteiger partial charge in [0.2, 0.25) is 0 Å². The van der Waals surface area contributed by atoms with Gasteiger partial charge in [-0.25, -0.2) is 0 Å². The van der Waals surface area contributed by atoms with Crippen LogP contribution < -0.4 is 4.74 Å². The van der Waals surface area contributed by atoms with Gasteiger partial charge in [0.25, 0.3) is 0 Å². The molecule has 1 nitrogen and oxygen atoms in total. The normalized spacial score (nSPS) is 10.6. The molecule has 1 heteroatoms. The molecule has 0 unspecified atom stereocenters. The highest BCUT2D eigenvalue weighted by molar-refractivity contribution is 5.70. The molecule has 0 aliphatic rings. The summed E-state index contributed by atoms with van der Waals surface area (Å²) in [4.78, 5) is 0. The summed E-state index contributed by atoms with van der Waals surface area (Å²) < 4.78 is 5.37. The van der Waals surface area contributed by atoms with Gasteiger partial charge in [0.15, 0.2) is 0 Å². The maximum Gasteiger partial charge on any atom is 0.127 e. The zero-order valence-electron chi connectivity index (χ0n) is 10.5. The molecule has 2 aromatic carbocycles. The van der Waals surface area contributed by atoms with Crippen molar-refractivity contribution in [3.63, 3.8) is 0 Å². The van der Waals surface area contributed by atoms with Crippen molar-refractivity contribution >= 4 is 0 Å². The first-order valence-corrected chi connectivity index (χ1v) is 5.87. The second-order valence-electron chi connectivity index (χ2n) is 4.41. The fraction of sp³-hybridized carbons (Fsp3) is 0.250. The minimum absolute atomic E-state index is 0.538. The average molecular weight is 225 g/mol. The van der Waals surface area contributed by atoms with E-state index in [1.54, 1.807) is 7.11 Å². The van der Waals surface area contributed by atoms with Gasteiger partial charge >= 0.3 is 0 Å². The van der Waals surface area contributed by atoms with E-state index in [-0.39, 0.29) is 0 Å². The Morgan fingerprint density at radius 2 is 2.00 bits per heavy atom. The summed E-state index contributed by atoms with van der Waals surface area (Å²) in [6.07, 6.45) is 0. The zero-order chi connectivity index (χ0) is 12.3. The smallest absolute Gasteiger partial charge is 0.127 e. The van der Waals surface area contributed by atoms with Gasteiger partial charge in [-0.05, 0) is 29.2 Å². The predicted molar refractivity (Wildman–Crippen MR) is 71.4 cm³/mol. The summed E-state index contributed by atoms with van der Waals surface area (Å²) in [5, 5.41) is 0. The van der Waals surface area contributed by atoms with Gasteiger partial charge in [-0.3, -0.25) is 0 Å². The Labute approximate surface area is 103 Å². The Hall–Kier alpha value is -1.76. The number of hydrogen-bond donors (Lipinski definition) is 0. The minimum Gasteiger partial charge on any atom is -0.496 e. The standard InChI is InChI=1S/C16H17O/c1-12(2)13-7-6-8-14(11-13)15-9-4-5-10-16(15)17-3/h4,6-12H,1-3H3. The van der Waals surface area contributed by atoms with E-state index in [1.807, 2.05) is 18.2 Å². The highest BCUT2D eigenvalue weighted by Gasteiger charge is 2.06. The number of methoxy groups -OCH3 is 1. The van der Waals surface area contributed by atoms with E-state index in [0.29, 0.717) is 5.92 Å². The first-order chi connectivity index (χ1) is 8.22. The van der Waals surface area contributed by atoms with Crippen LogP contribution in [-0.2, 0) is 0 Å². The monoisotopic (exact) mass is 225 g/mol. The lowest BCUT2D eigenvalue weighted by atomic mass is 9.97. The van der Waals surface area contributed by atoms with Crippen LogP contribution in [0.1, 0.15) is 25.3 Å². The number of benzene rings is 2. The molecular weight excluding hydrogens is 208 g/mol. The Bertz CT molecular complexity index is 500. The molecule has 0 aliphatic heterocycles. The summed E-state index contributed by atoms with van der Waals surface area (Å²) >= 11 is 0. The highest BCUT2D eigenvalue weighted by Crippen LogP contribution is 2.30. The number of rotatable bonds is 3. The fourth-order valence-electron chi connectivity index (χ4n) is 1.89. The molecule has 2 rings (SSSR count). The highest BCUT2D eigenvalue weighted by atomic mass is 16.5. The number of hydrogen-bond acceptors (Lipinski definition) is 1. The van der Waals surface area contributed by atoms with Crippen molar-refractivity contribution in [3.8, 4) is 16.9 Å². The molecule has 0 saturated carbocycles. The lowest BCUT2D eigenvalue weighted by Gasteiger charge is -2.11. The third-order valence-corrected chi connectivity index (χ3v) is 2.91. The minimum atomic E-state index is 0.538. The Balaban J connectivity index is 2.49. The summed E-state index contributed by atoms with van der Waals surface area (Å²) in [5.41, 5.74) is 3.66. The van der Waals surface area contributed by atoms with Gasteiger partial charge < -0.3 is 4.74 Å². The van der Waals surface area contributed by atoms with Gasteiger partial charge in [0.1, 0.15) is 5.75 Å². The Morgan fingerprint density at radius 1 is 1.18 bits per heavy atom. The third kappa shape index (κ3) is 2.50. The van der Waals surface area contributed by atoms with Gasteiger partial charge in [-0.2, -0.15) is 0 Å². The van der Waals surface area contributed by atoms with Gasteiger partial charge in [-0.15, -0.1) is 0 Å². The van der Waals surface area contributed by atoms with Crippen LogP contribution in [0.2, 0.25) is 0 Å². The lowest BCUT2D eigenvalue weighted by molar-refractivity contribution is 0.416. The quantitative estimate of drug-likeness (QED) is 0.757. The van der Waals surface area contributed by atoms with Crippen molar-refractivity contribution in [3.05, 3.63) is 54.1 Å². The molecule has 87 valence electrons. The molecule has 0 amide bonds. The topological polar surface area (TPSA) is 9.23 Å². The van der Waals surface area contributed by atoms with Crippen molar-refractivity contribution in [2.75, 3.05) is 7.11 Å². The van der Waals surface area contributed by atoms with Crippen LogP contribution in [-0.4, -0.2) is 7.11 Å². The van der Waals surface area contributed by atoms with Crippen molar-refractivity contribution in [1.82, 2.24) is 0 Å². The van der Waals surface area contributed by atoms with E-state index in [1.165, 1.54) is 11.1 Å². The zero-order valence-corrected chi connectivity index (χ0v) is 10.5. The van der Waals surface area contributed by atoms with Crippen LogP contribution in [0.25, 0.3) is 11.1 Å². The molecule has 0 aromatic heterocycles. The number of ether oxygens (including phenoxy) is 1. The van der Waals surface area contributed by atoms with Crippen LogP contribution in [0, 0.1) is 6.07 Å². The molecule has 0 saturated heterocycles. The van der Waals surface area contributed by atoms with Crippen molar-refractivity contribution < 1.29 is 4.74 Å². The molecular formula is C16H17O. The first kappa shape index (κ1) is 11.7. The predicted octanol–water partition coefficient (Wildman–Crippen LogP) is 4.29. The largest absolute Gasteiger partial charge is 0.496 e. The summed E-state index contributed by atoms with van der Waals surface area (Å²) in [7, 11) is 1.69. The second kappa shape index (κ2) is 5.05. The fourth-order valence-corrected chi connectivity index (χ4v) is 1.89. The average Bonchev–Trinajstić information content (AvgIpc) is 2.39. The van der Waals surface area contributed by atoms with E-state index in [0.717, 1.165) is 11.3 Å². The van der Waals surface area contributed by atoms with Crippen LogP contribution in [0.3, 0.4) is 0 Å². The molecule has 0 aliphatic carbocycles. The molecule has 0 bridgehead atoms. The Morgan fingerprint density at radius 3 is 2.71 bits per heavy atom. The van der Waals surface area contributed by atoms with Gasteiger partial charge in [0, 0.05) is 5.56 Å². The molecule has 0 heterocycles. The second-order valence-corrected chi connectivity index (χ2v) is 4.41. The Kier molecular flexibility index (Phi) is 3.48. The van der Waals surface area contributed by atoms with Crippen LogP contribution >= 0.6 is 0 Å². The van der Waals surface area contributed by atoms with Crippen LogP contribution in [0.5, 0.6) is 5.75 Å². The molecule has 17 heavy (non-hydrogen) atoms. The van der Waals surface area contributed by atoms with Crippen molar-refractivity contribution in [2.45, 2.75) is 19.8 Å². The SMILES string of the molecule is COc1c[c]ccc1-c1cccc(C(C)C)c1. The third-order valence-electron chi connectivity index (χ3n) is 2.91. The molecule has 0 spiro atoms. The van der Waals surface area contributed by atoms with Crippen molar-refractivity contribution in [1.29, 1.82) is 0 Å². The van der Waals surface area contributed by atoms with E-state index in [2.05, 4.69) is 44.2 Å². The molecule has 0 N–H and O–H groups in total. The van der Waals surface area contributed by atoms with Gasteiger partial charge in [0.05, 0.1) is 7.11 Å². The summed E-state index contributed by atoms with van der Waals surface area (Å²) in [6.45, 7) is 4.41. The first-order valence-electron chi connectivity index (χ1n) is 5.87. The lowest BCUT2D eigenvalue weighted by Crippen LogP contribution is -1.90. The van der Waals surface area contributed by atoms with E-state index in [9.17, 15) is 0 Å². The van der Waals surface area contributed by atoms with Crippen LogP contribution in [0.15, 0.2) is 42.5 Å². The maximum atomic E-state index is 5.37. The van der Waals surface area contributed by atoms with Crippen molar-refractivity contribution in [2.24, 2.45) is 0 Å². The van der Waals surface area contributed by atoms with E-state index < -0.39 is 0 Å². The maximum absolute atomic E-state index is 5.37. The van der Waals surface area contributed by atoms with E-state index in [4.69, 9.17) is 4.74 Å². The summed E-state index contributed by atoms with van der Waals surface area (Å²) in [6, 6.07) is 17.5. The molecule has 0 fully saturated rings. The van der Waals surface area contributed by atoms with Gasteiger partial charge in [-0.1, -0.05) is 50.2 Å². The summed E-state index contributed by atoms with van der Waals surface area (Å²) in [5.74, 6) is 1.41. The molecule has 2 aromatic rings. The molecule has 1 radical (unpaired) electrons. The molecule has 0 atom stereocenters. The van der Waals surface area contributed by atoms with E-state index >= 15 is 0 Å².